The molecule has 0 heterocycles. The van der Waals surface area contributed by atoms with Crippen LogP contribution in [0.1, 0.15) is 6.92 Å². The van der Waals surface area contributed by atoms with Crippen molar-refractivity contribution >= 4 is 11.4 Å². The molecule has 0 unspecified atom stereocenters. The molecule has 0 spiro atoms. The first-order valence-corrected chi connectivity index (χ1v) is 5.35. The molecule has 1 radical (unpaired) electrons. The molecule has 0 saturated heterocycles. The molecule has 2 rings (SSSR count). The van der Waals surface area contributed by atoms with Gasteiger partial charge in [0.1, 0.15) is 5.75 Å². The molecule has 0 aromatic heterocycles. The zero-order valence-corrected chi connectivity index (χ0v) is 9.23. The minimum Gasteiger partial charge on any atom is -0.494 e. The van der Waals surface area contributed by atoms with Crippen LogP contribution in [-0.2, 0) is 0 Å². The zero-order chi connectivity index (χ0) is 11.2. The number of hydrogen-bond donors (Lipinski definition) is 1. The van der Waals surface area contributed by atoms with Gasteiger partial charge in [0.05, 0.1) is 6.61 Å². The highest BCUT2D eigenvalue weighted by molar-refractivity contribution is 5.59. The van der Waals surface area contributed by atoms with Gasteiger partial charge in [0.2, 0.25) is 0 Å². The van der Waals surface area contributed by atoms with Gasteiger partial charge in [-0.25, -0.2) is 0 Å². The summed E-state index contributed by atoms with van der Waals surface area (Å²) in [5.74, 6) is 0.894. The normalized spacial score (nSPS) is 9.81. The van der Waals surface area contributed by atoms with Crippen LogP contribution in [0.3, 0.4) is 0 Å². The van der Waals surface area contributed by atoms with Gasteiger partial charge in [-0.3, -0.25) is 0 Å². The second-order valence-electron chi connectivity index (χ2n) is 3.36. The molecule has 1 N–H and O–H groups in total. The summed E-state index contributed by atoms with van der Waals surface area (Å²) < 4.78 is 5.38. The van der Waals surface area contributed by atoms with Crippen molar-refractivity contribution in [2.24, 2.45) is 0 Å². The third kappa shape index (κ3) is 2.76. The smallest absolute Gasteiger partial charge is 0.119 e. The minimum absolute atomic E-state index is 0.694. The summed E-state index contributed by atoms with van der Waals surface area (Å²) >= 11 is 0. The topological polar surface area (TPSA) is 21.3 Å². The maximum absolute atomic E-state index is 5.38. The van der Waals surface area contributed by atoms with E-state index < -0.39 is 0 Å². The number of anilines is 2. The van der Waals surface area contributed by atoms with E-state index in [4.69, 9.17) is 4.74 Å². The van der Waals surface area contributed by atoms with E-state index in [1.807, 2.05) is 55.5 Å². The maximum atomic E-state index is 5.38. The van der Waals surface area contributed by atoms with Crippen LogP contribution in [0.25, 0.3) is 0 Å². The summed E-state index contributed by atoms with van der Waals surface area (Å²) in [5.41, 5.74) is 2.00. The van der Waals surface area contributed by atoms with Crippen LogP contribution >= 0.6 is 0 Å². The highest BCUT2D eigenvalue weighted by Gasteiger charge is 1.95. The van der Waals surface area contributed by atoms with Crippen molar-refractivity contribution in [1.82, 2.24) is 0 Å². The van der Waals surface area contributed by atoms with Crippen molar-refractivity contribution in [2.75, 3.05) is 11.9 Å². The first kappa shape index (κ1) is 10.6. The third-order valence-corrected chi connectivity index (χ3v) is 2.15. The van der Waals surface area contributed by atoms with Gasteiger partial charge in [-0.05, 0) is 37.3 Å². The van der Waals surface area contributed by atoms with Crippen LogP contribution in [0.5, 0.6) is 5.75 Å². The van der Waals surface area contributed by atoms with Crippen molar-refractivity contribution < 1.29 is 4.74 Å². The highest BCUT2D eigenvalue weighted by atomic mass is 16.5. The van der Waals surface area contributed by atoms with Gasteiger partial charge < -0.3 is 10.1 Å². The number of ether oxygens (including phenoxy) is 1. The fourth-order valence-electron chi connectivity index (χ4n) is 1.43. The standard InChI is InChI=1S/C14H14NO/c1-2-16-14-10-8-13(9-11-14)15-12-6-4-3-5-7-12/h3-6,8-11,15H,2H2,1H3. The van der Waals surface area contributed by atoms with E-state index in [1.165, 1.54) is 0 Å². The first-order chi connectivity index (χ1) is 7.88. The largest absolute Gasteiger partial charge is 0.494 e. The predicted octanol–water partition coefficient (Wildman–Crippen LogP) is 3.63. The summed E-state index contributed by atoms with van der Waals surface area (Å²) in [7, 11) is 0. The van der Waals surface area contributed by atoms with Crippen LogP contribution < -0.4 is 10.1 Å². The SMILES string of the molecule is CCOc1ccc(Nc2[c]cccc2)cc1. The lowest BCUT2D eigenvalue weighted by molar-refractivity contribution is 0.340. The van der Waals surface area contributed by atoms with Crippen LogP contribution in [0.4, 0.5) is 11.4 Å². The molecule has 0 aliphatic rings. The third-order valence-electron chi connectivity index (χ3n) is 2.15. The van der Waals surface area contributed by atoms with Crippen molar-refractivity contribution in [3.63, 3.8) is 0 Å². The van der Waals surface area contributed by atoms with Crippen LogP contribution in [0.2, 0.25) is 0 Å². The molecular formula is C14H14NO. The molecule has 2 aromatic carbocycles. The molecule has 2 nitrogen and oxygen atoms in total. The zero-order valence-electron chi connectivity index (χ0n) is 9.23. The Morgan fingerprint density at radius 1 is 1.12 bits per heavy atom. The van der Waals surface area contributed by atoms with Crippen molar-refractivity contribution in [1.29, 1.82) is 0 Å². The Labute approximate surface area is 95.9 Å². The molecule has 0 amide bonds. The molecule has 16 heavy (non-hydrogen) atoms. The van der Waals surface area contributed by atoms with E-state index in [-0.39, 0.29) is 0 Å². The fourth-order valence-corrected chi connectivity index (χ4v) is 1.43. The molecule has 0 aliphatic heterocycles. The number of para-hydroxylation sites is 1. The Kier molecular flexibility index (Phi) is 3.44. The Morgan fingerprint density at radius 3 is 2.56 bits per heavy atom. The summed E-state index contributed by atoms with van der Waals surface area (Å²) in [6, 6.07) is 18.8. The van der Waals surface area contributed by atoms with Crippen molar-refractivity contribution in [3.8, 4) is 5.75 Å². The molecule has 81 valence electrons. The lowest BCUT2D eigenvalue weighted by atomic mass is 10.2. The van der Waals surface area contributed by atoms with E-state index in [1.54, 1.807) is 0 Å². The average molecular weight is 212 g/mol. The van der Waals surface area contributed by atoms with Gasteiger partial charge in [0, 0.05) is 17.4 Å². The second-order valence-corrected chi connectivity index (χ2v) is 3.36. The summed E-state index contributed by atoms with van der Waals surface area (Å²) in [5, 5.41) is 3.26. The van der Waals surface area contributed by atoms with E-state index in [2.05, 4.69) is 11.4 Å². The van der Waals surface area contributed by atoms with Crippen molar-refractivity contribution in [2.45, 2.75) is 6.92 Å². The lowest BCUT2D eigenvalue weighted by Gasteiger charge is -2.07. The summed E-state index contributed by atoms with van der Waals surface area (Å²) in [6.07, 6.45) is 0. The quantitative estimate of drug-likeness (QED) is 0.835. The first-order valence-electron chi connectivity index (χ1n) is 5.35. The molecular weight excluding hydrogens is 198 g/mol. The highest BCUT2D eigenvalue weighted by Crippen LogP contribution is 2.19. The van der Waals surface area contributed by atoms with Gasteiger partial charge >= 0.3 is 0 Å². The van der Waals surface area contributed by atoms with Gasteiger partial charge in [-0.1, -0.05) is 18.2 Å². The molecule has 2 aromatic rings. The summed E-state index contributed by atoms with van der Waals surface area (Å²) in [6.45, 7) is 2.67. The van der Waals surface area contributed by atoms with Crippen molar-refractivity contribution in [3.05, 3.63) is 54.6 Å². The Bertz CT molecular complexity index is 422. The Morgan fingerprint density at radius 2 is 1.94 bits per heavy atom. The van der Waals surface area contributed by atoms with Crippen LogP contribution in [-0.4, -0.2) is 6.61 Å². The van der Waals surface area contributed by atoms with Gasteiger partial charge in [0.25, 0.3) is 0 Å². The molecule has 0 saturated carbocycles. The van der Waals surface area contributed by atoms with Gasteiger partial charge in [0.15, 0.2) is 0 Å². The van der Waals surface area contributed by atoms with E-state index in [9.17, 15) is 0 Å². The number of nitrogens with one attached hydrogen (secondary N) is 1. The average Bonchev–Trinajstić information content (AvgIpc) is 2.33. The maximum Gasteiger partial charge on any atom is 0.119 e. The van der Waals surface area contributed by atoms with E-state index in [0.717, 1.165) is 17.1 Å². The molecule has 0 bridgehead atoms. The Hall–Kier alpha value is -1.96. The summed E-state index contributed by atoms with van der Waals surface area (Å²) in [4.78, 5) is 0. The molecule has 0 aliphatic carbocycles. The monoisotopic (exact) mass is 212 g/mol. The second kappa shape index (κ2) is 5.21. The molecule has 2 heteroatoms. The number of benzene rings is 2. The lowest BCUT2D eigenvalue weighted by Crippen LogP contribution is -1.92. The fraction of sp³-hybridized carbons (Fsp3) is 0.143. The van der Waals surface area contributed by atoms with Gasteiger partial charge in [-0.15, -0.1) is 0 Å². The Balaban J connectivity index is 2.05. The van der Waals surface area contributed by atoms with E-state index >= 15 is 0 Å². The number of hydrogen-bond acceptors (Lipinski definition) is 2. The molecule has 0 fully saturated rings. The molecule has 0 atom stereocenters. The van der Waals surface area contributed by atoms with Crippen LogP contribution in [0.15, 0.2) is 48.5 Å². The van der Waals surface area contributed by atoms with Crippen LogP contribution in [0, 0.1) is 6.07 Å². The van der Waals surface area contributed by atoms with E-state index in [0.29, 0.717) is 6.61 Å². The number of rotatable bonds is 4. The minimum atomic E-state index is 0.694. The van der Waals surface area contributed by atoms with Gasteiger partial charge in [-0.2, -0.15) is 0 Å². The predicted molar refractivity (Wildman–Crippen MR) is 66.2 cm³/mol.